The first kappa shape index (κ1) is 13.0. The van der Waals surface area contributed by atoms with E-state index in [-0.39, 0.29) is 5.91 Å². The summed E-state index contributed by atoms with van der Waals surface area (Å²) >= 11 is 5.69. The van der Waals surface area contributed by atoms with Crippen molar-refractivity contribution in [1.82, 2.24) is 10.3 Å². The molecule has 0 saturated heterocycles. The van der Waals surface area contributed by atoms with Gasteiger partial charge in [-0.3, -0.25) is 9.78 Å². The van der Waals surface area contributed by atoms with Crippen LogP contribution in [0.2, 0.25) is 5.02 Å². The number of unbranched alkanes of at least 4 members (excludes halogenated alkanes) is 3. The molecule has 1 N–H and O–H groups in total. The van der Waals surface area contributed by atoms with Crippen LogP contribution in [0.4, 0.5) is 0 Å². The number of aromatic nitrogens is 1. The van der Waals surface area contributed by atoms with Gasteiger partial charge in [0.2, 0.25) is 0 Å². The molecule has 4 heteroatoms. The molecular formula is C12H16ClN2O. The quantitative estimate of drug-likeness (QED) is 0.776. The van der Waals surface area contributed by atoms with Gasteiger partial charge in [-0.1, -0.05) is 37.8 Å². The topological polar surface area (TPSA) is 42.0 Å². The molecule has 1 aromatic rings. The molecule has 0 aliphatic carbocycles. The lowest BCUT2D eigenvalue weighted by Gasteiger charge is -2.04. The van der Waals surface area contributed by atoms with E-state index >= 15 is 0 Å². The van der Waals surface area contributed by atoms with E-state index in [0.29, 0.717) is 17.1 Å². The Morgan fingerprint density at radius 1 is 1.50 bits per heavy atom. The number of amides is 1. The van der Waals surface area contributed by atoms with E-state index in [2.05, 4.69) is 23.4 Å². The zero-order valence-corrected chi connectivity index (χ0v) is 10.2. The van der Waals surface area contributed by atoms with Crippen molar-refractivity contribution in [2.45, 2.75) is 32.6 Å². The molecule has 1 radical (unpaired) electrons. The summed E-state index contributed by atoms with van der Waals surface area (Å²) in [5.41, 5.74) is 0.485. The van der Waals surface area contributed by atoms with E-state index in [0.717, 1.165) is 12.8 Å². The van der Waals surface area contributed by atoms with Gasteiger partial charge in [0.15, 0.2) is 0 Å². The van der Waals surface area contributed by atoms with Gasteiger partial charge < -0.3 is 5.32 Å². The average Bonchev–Trinajstić information content (AvgIpc) is 2.28. The molecule has 87 valence electrons. The van der Waals surface area contributed by atoms with Crippen LogP contribution in [-0.2, 0) is 0 Å². The van der Waals surface area contributed by atoms with Crippen LogP contribution in [0.1, 0.15) is 43.0 Å². The highest BCUT2D eigenvalue weighted by molar-refractivity contribution is 6.30. The molecule has 0 bridgehead atoms. The molecule has 0 spiro atoms. The third kappa shape index (κ3) is 4.62. The van der Waals surface area contributed by atoms with Gasteiger partial charge in [0.1, 0.15) is 6.20 Å². The summed E-state index contributed by atoms with van der Waals surface area (Å²) in [5, 5.41) is 3.19. The number of hydrogen-bond donors (Lipinski definition) is 1. The molecule has 1 amide bonds. The van der Waals surface area contributed by atoms with Crippen LogP contribution in [0.3, 0.4) is 0 Å². The Morgan fingerprint density at radius 3 is 3.00 bits per heavy atom. The summed E-state index contributed by atoms with van der Waals surface area (Å²) in [4.78, 5) is 15.4. The standard InChI is InChI=1S/C12H16ClN2O/c1-2-3-4-5-6-15-12(16)10-7-11(13)9-14-8-10/h7-8H,2-6H2,1H3,(H,15,16). The molecule has 0 saturated carbocycles. The number of nitrogens with zero attached hydrogens (tertiary/aromatic N) is 1. The van der Waals surface area contributed by atoms with Crippen molar-refractivity contribution in [3.63, 3.8) is 0 Å². The Kier molecular flexibility index (Phi) is 5.86. The monoisotopic (exact) mass is 239 g/mol. The summed E-state index contributed by atoms with van der Waals surface area (Å²) in [6.07, 6.45) is 8.58. The van der Waals surface area contributed by atoms with E-state index in [1.807, 2.05) is 0 Å². The fraction of sp³-hybridized carbons (Fsp3) is 0.500. The van der Waals surface area contributed by atoms with Crippen LogP contribution in [0.5, 0.6) is 0 Å². The van der Waals surface area contributed by atoms with E-state index in [4.69, 9.17) is 11.6 Å². The molecule has 0 fully saturated rings. The average molecular weight is 240 g/mol. The van der Waals surface area contributed by atoms with Crippen molar-refractivity contribution in [2.24, 2.45) is 0 Å². The highest BCUT2D eigenvalue weighted by atomic mass is 35.5. The number of carbonyl (C=O) groups excluding carboxylic acids is 1. The highest BCUT2D eigenvalue weighted by Crippen LogP contribution is 2.07. The van der Waals surface area contributed by atoms with Crippen LogP contribution in [0, 0.1) is 6.20 Å². The second-order valence-corrected chi connectivity index (χ2v) is 4.04. The van der Waals surface area contributed by atoms with E-state index < -0.39 is 0 Å². The fourth-order valence-corrected chi connectivity index (χ4v) is 1.52. The predicted molar refractivity (Wildman–Crippen MR) is 64.6 cm³/mol. The number of rotatable bonds is 6. The van der Waals surface area contributed by atoms with Gasteiger partial charge in [-0.05, 0) is 12.5 Å². The highest BCUT2D eigenvalue weighted by Gasteiger charge is 2.05. The molecule has 0 unspecified atom stereocenters. The molecule has 0 aromatic carbocycles. The lowest BCUT2D eigenvalue weighted by atomic mass is 10.2. The second-order valence-electron chi connectivity index (χ2n) is 3.63. The Bertz CT molecular complexity index is 342. The van der Waals surface area contributed by atoms with Crippen LogP contribution in [0.15, 0.2) is 12.3 Å². The maximum atomic E-state index is 11.6. The summed E-state index contributed by atoms with van der Waals surface area (Å²) in [6, 6.07) is 1.57. The number of carbonyl (C=O) groups is 1. The first-order chi connectivity index (χ1) is 7.74. The van der Waals surface area contributed by atoms with Gasteiger partial charge in [0.05, 0.1) is 10.6 Å². The van der Waals surface area contributed by atoms with Gasteiger partial charge in [0.25, 0.3) is 5.91 Å². The molecule has 1 rings (SSSR count). The molecule has 16 heavy (non-hydrogen) atoms. The minimum absolute atomic E-state index is 0.125. The van der Waals surface area contributed by atoms with Crippen LogP contribution in [-0.4, -0.2) is 17.4 Å². The molecule has 3 nitrogen and oxygen atoms in total. The molecule has 0 aliphatic rings. The molecule has 1 heterocycles. The summed E-state index contributed by atoms with van der Waals surface area (Å²) in [7, 11) is 0. The maximum absolute atomic E-state index is 11.6. The van der Waals surface area contributed by atoms with Crippen LogP contribution < -0.4 is 5.32 Å². The third-order valence-corrected chi connectivity index (χ3v) is 2.43. The zero-order chi connectivity index (χ0) is 11.8. The lowest BCUT2D eigenvalue weighted by Crippen LogP contribution is -2.24. The van der Waals surface area contributed by atoms with Gasteiger partial charge >= 0.3 is 0 Å². The first-order valence-corrected chi connectivity index (χ1v) is 5.93. The number of hydrogen-bond acceptors (Lipinski definition) is 2. The zero-order valence-electron chi connectivity index (χ0n) is 9.42. The second kappa shape index (κ2) is 7.23. The van der Waals surface area contributed by atoms with E-state index in [1.165, 1.54) is 19.0 Å². The normalized spacial score (nSPS) is 10.1. The SMILES string of the molecule is CCCCCCNC(=O)c1cn[c]c(Cl)c1. The summed E-state index contributed by atoms with van der Waals surface area (Å²) in [5.74, 6) is -0.125. The third-order valence-electron chi connectivity index (χ3n) is 2.24. The van der Waals surface area contributed by atoms with E-state index in [9.17, 15) is 4.79 Å². The van der Waals surface area contributed by atoms with E-state index in [1.54, 1.807) is 6.07 Å². The number of halogens is 1. The van der Waals surface area contributed by atoms with Crippen LogP contribution in [0.25, 0.3) is 0 Å². The first-order valence-electron chi connectivity index (χ1n) is 5.55. The van der Waals surface area contributed by atoms with Crippen molar-refractivity contribution in [1.29, 1.82) is 0 Å². The minimum Gasteiger partial charge on any atom is -0.352 e. The fourth-order valence-electron chi connectivity index (χ4n) is 1.35. The molecule has 0 atom stereocenters. The Hall–Kier alpha value is -1.09. The van der Waals surface area contributed by atoms with Crippen molar-refractivity contribution >= 4 is 17.5 Å². The maximum Gasteiger partial charge on any atom is 0.252 e. The van der Waals surface area contributed by atoms with Crippen molar-refractivity contribution in [3.05, 3.63) is 29.0 Å². The van der Waals surface area contributed by atoms with Gasteiger partial charge in [0, 0.05) is 12.7 Å². The predicted octanol–water partition coefficient (Wildman–Crippen LogP) is 2.85. The Balaban J connectivity index is 2.30. The van der Waals surface area contributed by atoms with Crippen molar-refractivity contribution in [2.75, 3.05) is 6.54 Å². The Labute approximate surface area is 101 Å². The molecular weight excluding hydrogens is 224 g/mol. The lowest BCUT2D eigenvalue weighted by molar-refractivity contribution is 0.0952. The minimum atomic E-state index is -0.125. The van der Waals surface area contributed by atoms with Gasteiger partial charge in [-0.15, -0.1) is 0 Å². The van der Waals surface area contributed by atoms with Gasteiger partial charge in [-0.2, -0.15) is 0 Å². The largest absolute Gasteiger partial charge is 0.352 e. The number of nitrogens with one attached hydrogen (secondary N) is 1. The van der Waals surface area contributed by atoms with Gasteiger partial charge in [-0.25, -0.2) is 0 Å². The smallest absolute Gasteiger partial charge is 0.252 e. The Morgan fingerprint density at radius 2 is 2.31 bits per heavy atom. The van der Waals surface area contributed by atoms with Crippen LogP contribution >= 0.6 is 11.6 Å². The summed E-state index contributed by atoms with van der Waals surface area (Å²) in [6.45, 7) is 2.86. The van der Waals surface area contributed by atoms with Crippen molar-refractivity contribution in [3.8, 4) is 0 Å². The molecule has 0 aliphatic heterocycles. The summed E-state index contributed by atoms with van der Waals surface area (Å²) < 4.78 is 0. The molecule has 1 aromatic heterocycles. The van der Waals surface area contributed by atoms with Crippen molar-refractivity contribution < 1.29 is 4.79 Å². The number of pyridine rings is 1.